The summed E-state index contributed by atoms with van der Waals surface area (Å²) in [5.41, 5.74) is 7.83. The van der Waals surface area contributed by atoms with E-state index in [-0.39, 0.29) is 12.0 Å². The molecule has 0 bridgehead atoms. The number of amides is 1. The van der Waals surface area contributed by atoms with Crippen molar-refractivity contribution in [3.63, 3.8) is 0 Å². The molecule has 31 heavy (non-hydrogen) atoms. The van der Waals surface area contributed by atoms with Crippen LogP contribution < -0.4 is 10.2 Å². The van der Waals surface area contributed by atoms with Crippen LogP contribution in [0, 0.1) is 6.92 Å². The van der Waals surface area contributed by atoms with Crippen molar-refractivity contribution in [2.24, 2.45) is 0 Å². The molecule has 0 fully saturated rings. The van der Waals surface area contributed by atoms with Gasteiger partial charge in [0.15, 0.2) is 0 Å². The summed E-state index contributed by atoms with van der Waals surface area (Å²) in [5.74, 6) is 0.0317. The second-order valence-corrected chi connectivity index (χ2v) is 8.06. The second-order valence-electron chi connectivity index (χ2n) is 8.06. The molecule has 1 amide bonds. The maximum Gasteiger partial charge on any atom is 0.411 e. The Bertz CT molecular complexity index is 1040. The lowest BCUT2D eigenvalue weighted by Crippen LogP contribution is -2.26. The van der Waals surface area contributed by atoms with Crippen LogP contribution in [0.4, 0.5) is 16.2 Å². The van der Waals surface area contributed by atoms with Crippen LogP contribution in [0.3, 0.4) is 0 Å². The SMILES string of the molecule is CCN(CC)c1ccc(NC(=O)OC(C)C2c3ccccc3-c3ccccc32)c(C)c1. The number of hydrogen-bond acceptors (Lipinski definition) is 3. The molecule has 0 aliphatic heterocycles. The third-order valence-corrected chi connectivity index (χ3v) is 6.22. The minimum absolute atomic E-state index is 0.0317. The normalized spacial score (nSPS) is 13.3. The average molecular weight is 415 g/mol. The van der Waals surface area contributed by atoms with Gasteiger partial charge in [0.25, 0.3) is 0 Å². The first-order valence-corrected chi connectivity index (χ1v) is 11.0. The fourth-order valence-electron chi connectivity index (χ4n) is 4.65. The van der Waals surface area contributed by atoms with Crippen molar-refractivity contribution >= 4 is 17.5 Å². The first-order valence-electron chi connectivity index (χ1n) is 11.0. The zero-order valence-corrected chi connectivity index (χ0v) is 18.7. The molecule has 3 aromatic rings. The monoisotopic (exact) mass is 414 g/mol. The smallest absolute Gasteiger partial charge is 0.411 e. The minimum atomic E-state index is -0.423. The van der Waals surface area contributed by atoms with Crippen LogP contribution in [0.2, 0.25) is 0 Å². The standard InChI is InChI=1S/C27H30N2O2/c1-5-29(6-2)20-15-16-25(18(3)17-20)28-27(30)31-19(4)26-23-13-9-7-11-21(23)22-12-8-10-14-24(22)26/h7-17,19,26H,5-6H2,1-4H3,(H,28,30). The molecule has 160 valence electrons. The Morgan fingerprint density at radius 1 is 0.968 bits per heavy atom. The van der Waals surface area contributed by atoms with Crippen LogP contribution >= 0.6 is 0 Å². The van der Waals surface area contributed by atoms with E-state index in [1.54, 1.807) is 0 Å². The van der Waals surface area contributed by atoms with E-state index in [1.165, 1.54) is 22.3 Å². The number of hydrogen-bond donors (Lipinski definition) is 1. The van der Waals surface area contributed by atoms with Crippen LogP contribution in [0.25, 0.3) is 11.1 Å². The second kappa shape index (κ2) is 8.84. The molecule has 4 rings (SSSR count). The first-order chi connectivity index (χ1) is 15.0. The number of ether oxygens (including phenoxy) is 1. The highest BCUT2D eigenvalue weighted by Crippen LogP contribution is 2.46. The molecule has 0 saturated heterocycles. The number of anilines is 2. The predicted octanol–water partition coefficient (Wildman–Crippen LogP) is 6.59. The molecule has 3 aromatic carbocycles. The molecule has 0 radical (unpaired) electrons. The molecule has 0 aromatic heterocycles. The molecule has 0 heterocycles. The average Bonchev–Trinajstić information content (AvgIpc) is 3.11. The van der Waals surface area contributed by atoms with E-state index >= 15 is 0 Å². The largest absolute Gasteiger partial charge is 0.445 e. The summed E-state index contributed by atoms with van der Waals surface area (Å²) in [6.07, 6.45) is -0.715. The third kappa shape index (κ3) is 4.02. The van der Waals surface area contributed by atoms with Crippen LogP contribution in [-0.4, -0.2) is 25.3 Å². The lowest BCUT2D eigenvalue weighted by molar-refractivity contribution is 0.112. The van der Waals surface area contributed by atoms with Gasteiger partial charge in [-0.1, -0.05) is 48.5 Å². The van der Waals surface area contributed by atoms with Gasteiger partial charge in [0.2, 0.25) is 0 Å². The fraction of sp³-hybridized carbons (Fsp3) is 0.296. The number of rotatable bonds is 6. The van der Waals surface area contributed by atoms with E-state index in [0.29, 0.717) is 0 Å². The van der Waals surface area contributed by atoms with Gasteiger partial charge in [-0.3, -0.25) is 5.32 Å². The number of carbonyl (C=O) groups is 1. The van der Waals surface area contributed by atoms with E-state index in [1.807, 2.05) is 38.1 Å². The topological polar surface area (TPSA) is 41.6 Å². The number of carbonyl (C=O) groups excluding carboxylic acids is 1. The van der Waals surface area contributed by atoms with Crippen LogP contribution in [0.15, 0.2) is 66.7 Å². The molecule has 0 saturated carbocycles. The molecule has 1 aliphatic rings. The highest BCUT2D eigenvalue weighted by Gasteiger charge is 2.34. The van der Waals surface area contributed by atoms with Gasteiger partial charge in [0.1, 0.15) is 6.10 Å². The number of benzene rings is 3. The van der Waals surface area contributed by atoms with Crippen molar-refractivity contribution in [3.8, 4) is 11.1 Å². The molecule has 1 N–H and O–H groups in total. The van der Waals surface area contributed by atoms with Crippen LogP contribution in [0.5, 0.6) is 0 Å². The van der Waals surface area contributed by atoms with E-state index in [0.717, 1.165) is 30.0 Å². The van der Waals surface area contributed by atoms with Gasteiger partial charge in [-0.2, -0.15) is 0 Å². The maximum atomic E-state index is 12.7. The third-order valence-electron chi connectivity index (χ3n) is 6.22. The summed E-state index contributed by atoms with van der Waals surface area (Å²) in [7, 11) is 0. The van der Waals surface area contributed by atoms with E-state index in [9.17, 15) is 4.79 Å². The Hall–Kier alpha value is -3.27. The number of nitrogens with zero attached hydrogens (tertiary/aromatic N) is 1. The number of nitrogens with one attached hydrogen (secondary N) is 1. The Morgan fingerprint density at radius 2 is 1.55 bits per heavy atom. The Labute approximate surface area is 184 Å². The molecule has 1 atom stereocenters. The fourth-order valence-corrected chi connectivity index (χ4v) is 4.65. The van der Waals surface area contributed by atoms with E-state index in [2.05, 4.69) is 66.5 Å². The van der Waals surface area contributed by atoms with Gasteiger partial charge in [0.05, 0.1) is 0 Å². The van der Waals surface area contributed by atoms with Crippen molar-refractivity contribution in [1.29, 1.82) is 0 Å². The number of aryl methyl sites for hydroxylation is 1. The summed E-state index contributed by atoms with van der Waals surface area (Å²) >= 11 is 0. The molecule has 4 nitrogen and oxygen atoms in total. The Balaban J connectivity index is 1.50. The van der Waals surface area contributed by atoms with Crippen molar-refractivity contribution in [1.82, 2.24) is 0 Å². The minimum Gasteiger partial charge on any atom is -0.445 e. The lowest BCUT2D eigenvalue weighted by atomic mass is 9.92. The highest BCUT2D eigenvalue weighted by atomic mass is 16.6. The van der Waals surface area contributed by atoms with Crippen molar-refractivity contribution in [2.45, 2.75) is 39.7 Å². The zero-order chi connectivity index (χ0) is 22.0. The van der Waals surface area contributed by atoms with Gasteiger partial charge in [0, 0.05) is 30.4 Å². The predicted molar refractivity (Wildman–Crippen MR) is 128 cm³/mol. The summed E-state index contributed by atoms with van der Waals surface area (Å²) in [6, 6.07) is 22.9. The van der Waals surface area contributed by atoms with Crippen LogP contribution in [-0.2, 0) is 4.74 Å². The maximum absolute atomic E-state index is 12.7. The van der Waals surface area contributed by atoms with E-state index in [4.69, 9.17) is 4.74 Å². The Morgan fingerprint density at radius 3 is 2.10 bits per heavy atom. The molecular formula is C27H30N2O2. The van der Waals surface area contributed by atoms with E-state index < -0.39 is 6.09 Å². The molecular weight excluding hydrogens is 384 g/mol. The molecule has 1 aliphatic carbocycles. The Kier molecular flexibility index (Phi) is 5.99. The van der Waals surface area contributed by atoms with Gasteiger partial charge >= 0.3 is 6.09 Å². The summed E-state index contributed by atoms with van der Waals surface area (Å²) < 4.78 is 5.87. The first kappa shape index (κ1) is 21.0. The molecule has 0 spiro atoms. The lowest BCUT2D eigenvalue weighted by Gasteiger charge is -2.24. The van der Waals surface area contributed by atoms with Crippen molar-refractivity contribution in [3.05, 3.63) is 83.4 Å². The zero-order valence-electron chi connectivity index (χ0n) is 18.7. The van der Waals surface area contributed by atoms with Gasteiger partial charge in [-0.15, -0.1) is 0 Å². The summed E-state index contributed by atoms with van der Waals surface area (Å²) in [4.78, 5) is 15.0. The summed E-state index contributed by atoms with van der Waals surface area (Å²) in [6.45, 7) is 10.2. The highest BCUT2D eigenvalue weighted by molar-refractivity contribution is 5.86. The number of fused-ring (bicyclic) bond motifs is 3. The van der Waals surface area contributed by atoms with Gasteiger partial charge in [-0.05, 0) is 73.7 Å². The quantitative estimate of drug-likeness (QED) is 0.495. The van der Waals surface area contributed by atoms with Crippen molar-refractivity contribution < 1.29 is 9.53 Å². The molecule has 1 unspecified atom stereocenters. The van der Waals surface area contributed by atoms with Gasteiger partial charge in [-0.25, -0.2) is 4.79 Å². The van der Waals surface area contributed by atoms with Crippen LogP contribution in [0.1, 0.15) is 43.4 Å². The van der Waals surface area contributed by atoms with Crippen molar-refractivity contribution in [2.75, 3.05) is 23.3 Å². The van der Waals surface area contributed by atoms with Gasteiger partial charge < -0.3 is 9.64 Å². The molecule has 4 heteroatoms. The summed E-state index contributed by atoms with van der Waals surface area (Å²) in [5, 5.41) is 2.94.